The third kappa shape index (κ3) is 2.82. The van der Waals surface area contributed by atoms with E-state index < -0.39 is 0 Å². The Kier molecular flexibility index (Phi) is 4.43. The second-order valence-electron chi connectivity index (χ2n) is 3.98. The van der Waals surface area contributed by atoms with Gasteiger partial charge in [0.15, 0.2) is 0 Å². The summed E-state index contributed by atoms with van der Waals surface area (Å²) in [7, 11) is 0. The molecule has 1 aromatic rings. The van der Waals surface area contributed by atoms with Crippen LogP contribution in [0.3, 0.4) is 0 Å². The molecule has 0 bridgehead atoms. The lowest BCUT2D eigenvalue weighted by Crippen LogP contribution is -2.38. The van der Waals surface area contributed by atoms with E-state index in [9.17, 15) is 4.79 Å². The smallest absolute Gasteiger partial charge is 0.244 e. The van der Waals surface area contributed by atoms with Gasteiger partial charge in [-0.1, -0.05) is 22.9 Å². The highest BCUT2D eigenvalue weighted by molar-refractivity contribution is 14.1. The first-order valence-corrected chi connectivity index (χ1v) is 7.50. The van der Waals surface area contributed by atoms with Gasteiger partial charge in [-0.05, 0) is 53.8 Å². The Morgan fingerprint density at radius 2 is 2.35 bits per heavy atom. The van der Waals surface area contributed by atoms with Crippen LogP contribution < -0.4 is 10.2 Å². The van der Waals surface area contributed by atoms with Gasteiger partial charge >= 0.3 is 0 Å². The van der Waals surface area contributed by atoms with E-state index in [1.54, 1.807) is 0 Å². The number of hydrogen-bond donors (Lipinski definition) is 1. The summed E-state index contributed by atoms with van der Waals surface area (Å²) < 4.78 is 2.11. The molecule has 17 heavy (non-hydrogen) atoms. The molecule has 1 atom stereocenters. The van der Waals surface area contributed by atoms with Crippen molar-refractivity contribution in [3.63, 3.8) is 0 Å². The van der Waals surface area contributed by atoms with Crippen molar-refractivity contribution in [2.45, 2.75) is 19.4 Å². The number of nitrogens with one attached hydrogen (secondary N) is 1. The molecule has 1 unspecified atom stereocenters. The van der Waals surface area contributed by atoms with E-state index in [0.29, 0.717) is 0 Å². The number of likely N-dealkylation sites (N-methyl/N-ethyl adjacent to an activating group) is 1. The summed E-state index contributed by atoms with van der Waals surface area (Å²) in [6.45, 7) is 3.65. The van der Waals surface area contributed by atoms with Crippen molar-refractivity contribution in [1.82, 2.24) is 5.32 Å². The number of carbonyl (C=O) groups excluding carboxylic acids is 1. The topological polar surface area (TPSA) is 32.3 Å². The number of nitrogens with zero attached hydrogens (tertiary/aromatic N) is 1. The van der Waals surface area contributed by atoms with Crippen LogP contribution in [-0.2, 0) is 4.79 Å². The molecule has 0 radical (unpaired) electrons. The van der Waals surface area contributed by atoms with Gasteiger partial charge in [0.2, 0.25) is 5.91 Å². The minimum absolute atomic E-state index is 0.0187. The van der Waals surface area contributed by atoms with E-state index >= 15 is 0 Å². The van der Waals surface area contributed by atoms with Crippen molar-refractivity contribution >= 4 is 50.1 Å². The highest BCUT2D eigenvalue weighted by atomic mass is 127. The zero-order valence-electron chi connectivity index (χ0n) is 9.54. The van der Waals surface area contributed by atoms with Crippen LogP contribution in [-0.4, -0.2) is 25.0 Å². The average molecular weight is 409 g/mol. The molecule has 1 fully saturated rings. The van der Waals surface area contributed by atoms with Gasteiger partial charge in [-0.25, -0.2) is 0 Å². The molecule has 0 aliphatic carbocycles. The van der Waals surface area contributed by atoms with E-state index in [4.69, 9.17) is 0 Å². The fraction of sp³-hybridized carbons (Fsp3) is 0.417. The number of amides is 1. The first-order chi connectivity index (χ1) is 8.13. The normalized spacial score (nSPS) is 20.1. The number of benzene rings is 1. The van der Waals surface area contributed by atoms with E-state index in [1.807, 2.05) is 30.0 Å². The molecule has 0 saturated carbocycles. The molecular formula is C12H14BrIN2O. The molecule has 3 nitrogen and oxygen atoms in total. The molecule has 92 valence electrons. The van der Waals surface area contributed by atoms with Gasteiger partial charge in [0.1, 0.15) is 0 Å². The van der Waals surface area contributed by atoms with Gasteiger partial charge in [0, 0.05) is 14.6 Å². The van der Waals surface area contributed by atoms with Crippen LogP contribution in [0.25, 0.3) is 0 Å². The number of hydrogen-bond acceptors (Lipinski definition) is 2. The van der Waals surface area contributed by atoms with Gasteiger partial charge in [-0.3, -0.25) is 4.79 Å². The minimum Gasteiger partial charge on any atom is -0.310 e. The van der Waals surface area contributed by atoms with Crippen molar-refractivity contribution in [2.24, 2.45) is 0 Å². The molecule has 2 rings (SSSR count). The van der Waals surface area contributed by atoms with Crippen LogP contribution in [0.1, 0.15) is 13.3 Å². The quantitative estimate of drug-likeness (QED) is 0.780. The molecule has 1 amide bonds. The van der Waals surface area contributed by atoms with E-state index in [-0.39, 0.29) is 11.9 Å². The SMILES string of the molecule is CCNC1CCN(c2cc(Br)ccc2I)C1=O. The lowest BCUT2D eigenvalue weighted by atomic mass is 10.2. The Morgan fingerprint density at radius 1 is 1.59 bits per heavy atom. The Balaban J connectivity index is 2.24. The summed E-state index contributed by atoms with van der Waals surface area (Å²) in [6.07, 6.45) is 0.884. The molecule has 1 aliphatic rings. The van der Waals surface area contributed by atoms with Crippen LogP contribution in [0.4, 0.5) is 5.69 Å². The third-order valence-electron chi connectivity index (χ3n) is 2.86. The van der Waals surface area contributed by atoms with E-state index in [1.165, 1.54) is 0 Å². The third-order valence-corrected chi connectivity index (χ3v) is 4.26. The van der Waals surface area contributed by atoms with E-state index in [2.05, 4.69) is 43.8 Å². The molecule has 1 saturated heterocycles. The Bertz CT molecular complexity index is 439. The predicted octanol–water partition coefficient (Wildman–Crippen LogP) is 2.77. The minimum atomic E-state index is -0.0187. The van der Waals surface area contributed by atoms with Crippen LogP contribution in [0, 0.1) is 3.57 Å². The second-order valence-corrected chi connectivity index (χ2v) is 6.06. The number of anilines is 1. The van der Waals surface area contributed by atoms with Crippen molar-refractivity contribution in [3.8, 4) is 0 Å². The predicted molar refractivity (Wildman–Crippen MR) is 81.3 cm³/mol. The van der Waals surface area contributed by atoms with Crippen LogP contribution in [0.15, 0.2) is 22.7 Å². The summed E-state index contributed by atoms with van der Waals surface area (Å²) in [5.41, 5.74) is 1.00. The lowest BCUT2D eigenvalue weighted by Gasteiger charge is -2.19. The lowest BCUT2D eigenvalue weighted by molar-refractivity contribution is -0.118. The Labute approximate surface area is 123 Å². The van der Waals surface area contributed by atoms with Gasteiger partial charge in [0.05, 0.1) is 11.7 Å². The number of rotatable bonds is 3. The maximum atomic E-state index is 12.2. The van der Waals surface area contributed by atoms with Gasteiger partial charge in [0.25, 0.3) is 0 Å². The first-order valence-electron chi connectivity index (χ1n) is 5.63. The molecule has 0 spiro atoms. The molecule has 1 heterocycles. The maximum Gasteiger partial charge on any atom is 0.244 e. The van der Waals surface area contributed by atoms with Crippen LogP contribution >= 0.6 is 38.5 Å². The second kappa shape index (κ2) is 5.67. The molecule has 0 aromatic heterocycles. The highest BCUT2D eigenvalue weighted by Crippen LogP contribution is 2.29. The standard InChI is InChI=1S/C12H14BrIN2O/c1-2-15-10-5-6-16(12(10)17)11-7-8(13)3-4-9(11)14/h3-4,7,10,15H,2,5-6H2,1H3. The number of halogens is 2. The maximum absolute atomic E-state index is 12.2. The molecule has 1 N–H and O–H groups in total. The van der Waals surface area contributed by atoms with Crippen molar-refractivity contribution in [3.05, 3.63) is 26.2 Å². The van der Waals surface area contributed by atoms with Gasteiger partial charge in [-0.2, -0.15) is 0 Å². The van der Waals surface area contributed by atoms with Gasteiger partial charge in [-0.15, -0.1) is 0 Å². The fourth-order valence-corrected chi connectivity index (χ4v) is 3.02. The summed E-state index contributed by atoms with van der Waals surface area (Å²) in [6, 6.07) is 6.00. The average Bonchev–Trinajstić information content (AvgIpc) is 2.65. The zero-order chi connectivity index (χ0) is 12.4. The van der Waals surface area contributed by atoms with Crippen molar-refractivity contribution in [1.29, 1.82) is 0 Å². The molecule has 5 heteroatoms. The van der Waals surface area contributed by atoms with Crippen molar-refractivity contribution in [2.75, 3.05) is 18.0 Å². The Morgan fingerprint density at radius 3 is 3.06 bits per heavy atom. The molecule has 1 aliphatic heterocycles. The van der Waals surface area contributed by atoms with E-state index in [0.717, 1.165) is 33.2 Å². The first kappa shape index (κ1) is 13.3. The van der Waals surface area contributed by atoms with Crippen molar-refractivity contribution < 1.29 is 4.79 Å². The number of carbonyl (C=O) groups is 1. The van der Waals surface area contributed by atoms with Crippen LogP contribution in [0.2, 0.25) is 0 Å². The summed E-state index contributed by atoms with van der Waals surface area (Å²) in [4.78, 5) is 14.1. The molecule has 1 aromatic carbocycles. The monoisotopic (exact) mass is 408 g/mol. The summed E-state index contributed by atoms with van der Waals surface area (Å²) in [5.74, 6) is 0.183. The summed E-state index contributed by atoms with van der Waals surface area (Å²) in [5, 5.41) is 3.22. The Hall–Kier alpha value is -0.140. The molecular weight excluding hydrogens is 395 g/mol. The fourth-order valence-electron chi connectivity index (χ4n) is 2.05. The zero-order valence-corrected chi connectivity index (χ0v) is 13.3. The van der Waals surface area contributed by atoms with Crippen LogP contribution in [0.5, 0.6) is 0 Å². The largest absolute Gasteiger partial charge is 0.310 e. The van der Waals surface area contributed by atoms with Gasteiger partial charge < -0.3 is 10.2 Å². The summed E-state index contributed by atoms with van der Waals surface area (Å²) >= 11 is 5.72. The highest BCUT2D eigenvalue weighted by Gasteiger charge is 2.32.